The first-order chi connectivity index (χ1) is 12.2. The van der Waals surface area contributed by atoms with Crippen LogP contribution in [-0.4, -0.2) is 21.7 Å². The number of hydrogen-bond donors (Lipinski definition) is 1. The molecule has 1 amide bonds. The predicted octanol–water partition coefficient (Wildman–Crippen LogP) is 3.57. The standard InChI is InChI=1S/C20H22FN3O/c21-16-1-3-17(4-2-16)24-6-5-18(23-24)20(25)22-19-14-8-12-7-13(10-14)11-15(19)9-12/h1-6,12-15,19H,7-11H2,(H,22,25). The summed E-state index contributed by atoms with van der Waals surface area (Å²) in [6.45, 7) is 0. The third kappa shape index (κ3) is 2.66. The van der Waals surface area contributed by atoms with Gasteiger partial charge in [0.2, 0.25) is 0 Å². The van der Waals surface area contributed by atoms with Gasteiger partial charge in [-0.3, -0.25) is 4.79 Å². The SMILES string of the molecule is O=C(NC1C2CC3CC(C2)CC1C3)c1ccn(-c2ccc(F)cc2)n1. The highest BCUT2D eigenvalue weighted by Gasteiger charge is 2.48. The van der Waals surface area contributed by atoms with E-state index in [1.807, 2.05) is 0 Å². The highest BCUT2D eigenvalue weighted by molar-refractivity contribution is 5.92. The van der Waals surface area contributed by atoms with Gasteiger partial charge in [0, 0.05) is 12.2 Å². The van der Waals surface area contributed by atoms with Crippen molar-refractivity contribution in [3.8, 4) is 5.69 Å². The van der Waals surface area contributed by atoms with Crippen LogP contribution in [-0.2, 0) is 0 Å². The first kappa shape index (κ1) is 15.1. The maximum absolute atomic E-state index is 13.0. The van der Waals surface area contributed by atoms with Crippen molar-refractivity contribution in [2.75, 3.05) is 0 Å². The zero-order chi connectivity index (χ0) is 17.0. The highest BCUT2D eigenvalue weighted by atomic mass is 19.1. The summed E-state index contributed by atoms with van der Waals surface area (Å²) in [5.41, 5.74) is 1.17. The molecule has 1 aromatic carbocycles. The number of carbonyl (C=O) groups is 1. The molecule has 0 aliphatic heterocycles. The molecular formula is C20H22FN3O. The van der Waals surface area contributed by atoms with E-state index in [4.69, 9.17) is 0 Å². The summed E-state index contributed by atoms with van der Waals surface area (Å²) in [6, 6.07) is 8.14. The lowest BCUT2D eigenvalue weighted by atomic mass is 9.54. The van der Waals surface area contributed by atoms with E-state index < -0.39 is 0 Å². The van der Waals surface area contributed by atoms with E-state index in [-0.39, 0.29) is 11.7 Å². The lowest BCUT2D eigenvalue weighted by molar-refractivity contribution is -0.0120. The van der Waals surface area contributed by atoms with Gasteiger partial charge in [-0.05, 0) is 86.1 Å². The molecule has 4 aliphatic rings. The van der Waals surface area contributed by atoms with Gasteiger partial charge in [0.25, 0.3) is 5.91 Å². The van der Waals surface area contributed by atoms with Crippen molar-refractivity contribution in [3.63, 3.8) is 0 Å². The largest absolute Gasteiger partial charge is 0.347 e. The molecule has 130 valence electrons. The molecule has 4 bridgehead atoms. The van der Waals surface area contributed by atoms with Crippen LogP contribution in [0, 0.1) is 29.5 Å². The van der Waals surface area contributed by atoms with Crippen molar-refractivity contribution in [3.05, 3.63) is 48.0 Å². The Hall–Kier alpha value is -2.17. The molecule has 4 aliphatic carbocycles. The van der Waals surface area contributed by atoms with E-state index in [1.165, 1.54) is 44.2 Å². The van der Waals surface area contributed by atoms with Gasteiger partial charge in [-0.15, -0.1) is 0 Å². The smallest absolute Gasteiger partial charge is 0.272 e. The number of carbonyl (C=O) groups excluding carboxylic acids is 1. The Morgan fingerprint density at radius 3 is 2.28 bits per heavy atom. The molecule has 1 N–H and O–H groups in total. The molecule has 4 fully saturated rings. The Morgan fingerprint density at radius 1 is 1.00 bits per heavy atom. The summed E-state index contributed by atoms with van der Waals surface area (Å²) in [6.07, 6.45) is 8.28. The maximum Gasteiger partial charge on any atom is 0.272 e. The van der Waals surface area contributed by atoms with Crippen LogP contribution in [0.5, 0.6) is 0 Å². The topological polar surface area (TPSA) is 46.9 Å². The van der Waals surface area contributed by atoms with E-state index in [1.54, 1.807) is 29.1 Å². The second-order valence-corrected chi connectivity index (χ2v) is 8.05. The molecule has 25 heavy (non-hydrogen) atoms. The third-order valence-corrected chi connectivity index (χ3v) is 6.44. The van der Waals surface area contributed by atoms with E-state index >= 15 is 0 Å². The van der Waals surface area contributed by atoms with Crippen molar-refractivity contribution < 1.29 is 9.18 Å². The van der Waals surface area contributed by atoms with Gasteiger partial charge in [0.15, 0.2) is 5.69 Å². The van der Waals surface area contributed by atoms with Crippen molar-refractivity contribution in [1.29, 1.82) is 0 Å². The molecule has 0 unspecified atom stereocenters. The van der Waals surface area contributed by atoms with Crippen LogP contribution >= 0.6 is 0 Å². The number of amides is 1. The zero-order valence-corrected chi connectivity index (χ0v) is 14.1. The van der Waals surface area contributed by atoms with Crippen LogP contribution in [0.15, 0.2) is 36.5 Å². The number of aromatic nitrogens is 2. The fraction of sp³-hybridized carbons (Fsp3) is 0.500. The quantitative estimate of drug-likeness (QED) is 0.929. The predicted molar refractivity (Wildman–Crippen MR) is 91.8 cm³/mol. The molecule has 4 saturated carbocycles. The number of halogens is 1. The maximum atomic E-state index is 13.0. The summed E-state index contributed by atoms with van der Waals surface area (Å²) in [4.78, 5) is 12.7. The second-order valence-electron chi connectivity index (χ2n) is 8.05. The summed E-state index contributed by atoms with van der Waals surface area (Å²) in [7, 11) is 0. The molecule has 0 radical (unpaired) electrons. The fourth-order valence-electron chi connectivity index (χ4n) is 5.57. The Morgan fingerprint density at radius 2 is 1.64 bits per heavy atom. The van der Waals surface area contributed by atoms with Crippen LogP contribution in [0.2, 0.25) is 0 Å². The minimum atomic E-state index is -0.282. The van der Waals surface area contributed by atoms with Gasteiger partial charge in [-0.2, -0.15) is 5.10 Å². The molecular weight excluding hydrogens is 317 g/mol. The molecule has 1 aromatic heterocycles. The van der Waals surface area contributed by atoms with Crippen molar-refractivity contribution in [1.82, 2.24) is 15.1 Å². The number of nitrogens with zero attached hydrogens (tertiary/aromatic N) is 2. The lowest BCUT2D eigenvalue weighted by Gasteiger charge is -2.54. The van der Waals surface area contributed by atoms with Gasteiger partial charge >= 0.3 is 0 Å². The Balaban J connectivity index is 1.31. The molecule has 1 heterocycles. The Bertz CT molecular complexity index is 770. The molecule has 4 nitrogen and oxygen atoms in total. The first-order valence-electron chi connectivity index (χ1n) is 9.28. The molecule has 5 heteroatoms. The minimum absolute atomic E-state index is 0.0849. The van der Waals surface area contributed by atoms with Crippen LogP contribution in [0.1, 0.15) is 42.6 Å². The van der Waals surface area contributed by atoms with E-state index in [0.29, 0.717) is 23.6 Å². The number of rotatable bonds is 3. The second kappa shape index (κ2) is 5.68. The number of nitrogens with one attached hydrogen (secondary N) is 1. The Kier molecular flexibility index (Phi) is 3.43. The summed E-state index contributed by atoms with van der Waals surface area (Å²) < 4.78 is 14.7. The Labute approximate surface area is 146 Å². The van der Waals surface area contributed by atoms with Crippen LogP contribution < -0.4 is 5.32 Å². The number of hydrogen-bond acceptors (Lipinski definition) is 2. The van der Waals surface area contributed by atoms with Gasteiger partial charge in [0.1, 0.15) is 5.82 Å². The van der Waals surface area contributed by atoms with Crippen molar-refractivity contribution in [2.24, 2.45) is 23.7 Å². The zero-order valence-electron chi connectivity index (χ0n) is 14.1. The van der Waals surface area contributed by atoms with Crippen molar-refractivity contribution >= 4 is 5.91 Å². The van der Waals surface area contributed by atoms with Gasteiger partial charge in [0.05, 0.1) is 5.69 Å². The monoisotopic (exact) mass is 339 g/mol. The summed E-state index contributed by atoms with van der Waals surface area (Å²) in [5, 5.41) is 7.65. The average molecular weight is 339 g/mol. The molecule has 0 atom stereocenters. The van der Waals surface area contributed by atoms with Crippen LogP contribution in [0.3, 0.4) is 0 Å². The molecule has 0 saturated heterocycles. The molecule has 0 spiro atoms. The summed E-state index contributed by atoms with van der Waals surface area (Å²) >= 11 is 0. The lowest BCUT2D eigenvalue weighted by Crippen LogP contribution is -2.55. The van der Waals surface area contributed by atoms with Gasteiger partial charge < -0.3 is 5.32 Å². The third-order valence-electron chi connectivity index (χ3n) is 6.44. The molecule has 6 rings (SSSR count). The van der Waals surface area contributed by atoms with Crippen LogP contribution in [0.4, 0.5) is 4.39 Å². The van der Waals surface area contributed by atoms with Gasteiger partial charge in [-0.1, -0.05) is 0 Å². The van der Waals surface area contributed by atoms with E-state index in [9.17, 15) is 9.18 Å². The minimum Gasteiger partial charge on any atom is -0.347 e. The van der Waals surface area contributed by atoms with Gasteiger partial charge in [-0.25, -0.2) is 9.07 Å². The average Bonchev–Trinajstić information content (AvgIpc) is 3.08. The fourth-order valence-corrected chi connectivity index (χ4v) is 5.57. The normalized spacial score (nSPS) is 32.8. The van der Waals surface area contributed by atoms with E-state index in [0.717, 1.165) is 17.5 Å². The van der Waals surface area contributed by atoms with E-state index in [2.05, 4.69) is 10.4 Å². The summed E-state index contributed by atoms with van der Waals surface area (Å²) in [5.74, 6) is 2.73. The van der Waals surface area contributed by atoms with Crippen molar-refractivity contribution in [2.45, 2.75) is 38.1 Å². The highest BCUT2D eigenvalue weighted by Crippen LogP contribution is 2.53. The number of benzene rings is 1. The first-order valence-corrected chi connectivity index (χ1v) is 9.28. The van der Waals surface area contributed by atoms with Crippen LogP contribution in [0.25, 0.3) is 5.69 Å². The molecule has 2 aromatic rings.